The highest BCUT2D eigenvalue weighted by Gasteiger charge is 2.38. The average molecular weight is 1240 g/mol. The lowest BCUT2D eigenvalue weighted by Crippen LogP contribution is -2.18. The van der Waals surface area contributed by atoms with Crippen LogP contribution in [-0.2, 0) is 27.1 Å². The van der Waals surface area contributed by atoms with E-state index in [4.69, 9.17) is 11.6 Å². The summed E-state index contributed by atoms with van der Waals surface area (Å²) in [5, 5.41) is 0.649. The van der Waals surface area contributed by atoms with Gasteiger partial charge in [0.05, 0.1) is 11.4 Å². The molecule has 12 aromatic rings. The normalized spacial score (nSPS) is 12.9. The fourth-order valence-electron chi connectivity index (χ4n) is 13.9. The van der Waals surface area contributed by atoms with E-state index in [1.165, 1.54) is 50.1 Å². The zero-order valence-corrected chi connectivity index (χ0v) is 58.0. The van der Waals surface area contributed by atoms with Gasteiger partial charge >= 0.3 is 0 Å². The van der Waals surface area contributed by atoms with Crippen molar-refractivity contribution in [2.45, 2.75) is 124 Å². The Kier molecular flexibility index (Phi) is 16.5. The van der Waals surface area contributed by atoms with Crippen LogP contribution in [0.4, 0.5) is 34.1 Å². The molecule has 0 saturated carbocycles. The number of nitrogens with zero attached hydrogens (tertiary/aromatic N) is 2. The Hall–Kier alpha value is -9.47. The molecule has 0 saturated heterocycles. The molecule has 0 unspecified atom stereocenters. The third kappa shape index (κ3) is 12.3. The zero-order chi connectivity index (χ0) is 66.1. The second-order valence-electron chi connectivity index (χ2n) is 30.4. The maximum absolute atomic E-state index is 7.36. The van der Waals surface area contributed by atoms with E-state index in [0.29, 0.717) is 5.02 Å². The lowest BCUT2D eigenvalue weighted by atomic mass is 9.80. The van der Waals surface area contributed by atoms with Crippen LogP contribution < -0.4 is 9.80 Å². The van der Waals surface area contributed by atoms with Crippen molar-refractivity contribution in [3.63, 3.8) is 0 Å². The quantitative estimate of drug-likeness (QED) is 0.120. The molecular weight excluding hydrogens is 1160 g/mol. The fourth-order valence-corrected chi connectivity index (χ4v) is 14.1. The molecule has 12 aromatic carbocycles. The van der Waals surface area contributed by atoms with Crippen molar-refractivity contribution in [3.8, 4) is 77.9 Å². The fraction of sp³-hybridized carbons (Fsp3) is 0.209. The summed E-state index contributed by atoms with van der Waals surface area (Å²) in [4.78, 5) is 5.10. The predicted octanol–water partition coefficient (Wildman–Crippen LogP) is 26.8. The number of hydrogen-bond acceptors (Lipinski definition) is 2. The van der Waals surface area contributed by atoms with Crippen molar-refractivity contribution >= 4 is 45.7 Å². The molecule has 0 N–H and O–H groups in total. The van der Waals surface area contributed by atoms with Gasteiger partial charge in [-0.25, -0.2) is 0 Å². The zero-order valence-electron chi connectivity index (χ0n) is 57.3. The number of halogens is 1. The monoisotopic (exact) mass is 1240 g/mol. The number of benzene rings is 12. The number of hydrogen-bond donors (Lipinski definition) is 0. The number of rotatable bonds is 12. The minimum absolute atomic E-state index is 0.0166. The van der Waals surface area contributed by atoms with E-state index in [9.17, 15) is 0 Å². The van der Waals surface area contributed by atoms with Crippen molar-refractivity contribution < 1.29 is 0 Å². The first-order valence-electron chi connectivity index (χ1n) is 33.4. The van der Waals surface area contributed by atoms with Gasteiger partial charge in [-0.2, -0.15) is 0 Å². The summed E-state index contributed by atoms with van der Waals surface area (Å²) in [7, 11) is 0. The first kappa shape index (κ1) is 63.3. The van der Waals surface area contributed by atoms with E-state index in [0.717, 1.165) is 95.3 Å². The van der Waals surface area contributed by atoms with Gasteiger partial charge in [-0.05, 0) is 183 Å². The Balaban J connectivity index is 1.22. The minimum Gasteiger partial charge on any atom is -0.309 e. The van der Waals surface area contributed by atoms with Crippen LogP contribution in [0.5, 0.6) is 0 Å². The van der Waals surface area contributed by atoms with Gasteiger partial charge in [-0.15, -0.1) is 0 Å². The van der Waals surface area contributed by atoms with E-state index in [2.05, 4.69) is 374 Å². The van der Waals surface area contributed by atoms with Crippen LogP contribution in [0.1, 0.15) is 130 Å². The second-order valence-corrected chi connectivity index (χ2v) is 30.9. The molecule has 2 nitrogen and oxygen atoms in total. The van der Waals surface area contributed by atoms with Gasteiger partial charge in [-0.1, -0.05) is 309 Å². The molecule has 0 aromatic heterocycles. The number of fused-ring (bicyclic) bond motifs is 3. The molecule has 0 spiro atoms. The molecule has 1 aliphatic carbocycles. The van der Waals surface area contributed by atoms with Crippen molar-refractivity contribution in [2.24, 2.45) is 0 Å². The van der Waals surface area contributed by atoms with Crippen LogP contribution in [0.2, 0.25) is 5.02 Å². The largest absolute Gasteiger partial charge is 0.309 e. The summed E-state index contributed by atoms with van der Waals surface area (Å²) in [5.74, 6) is 0. The van der Waals surface area contributed by atoms with Gasteiger partial charge < -0.3 is 9.80 Å². The predicted molar refractivity (Wildman–Crippen MR) is 406 cm³/mol. The van der Waals surface area contributed by atoms with Gasteiger partial charge in [0.2, 0.25) is 0 Å². The number of anilines is 6. The molecule has 13 rings (SSSR count). The summed E-state index contributed by atoms with van der Waals surface area (Å²) in [6, 6.07) is 102. The van der Waals surface area contributed by atoms with E-state index >= 15 is 0 Å². The molecule has 3 heteroatoms. The average Bonchev–Trinajstić information content (AvgIpc) is 1.53. The Labute approximate surface area is 565 Å². The molecule has 0 bridgehead atoms. The molecule has 0 radical (unpaired) electrons. The lowest BCUT2D eigenvalue weighted by Gasteiger charge is -2.36. The van der Waals surface area contributed by atoms with Crippen molar-refractivity contribution in [1.29, 1.82) is 0 Å². The van der Waals surface area contributed by atoms with Gasteiger partial charge in [0.1, 0.15) is 0 Å². The summed E-state index contributed by atoms with van der Waals surface area (Å²) < 4.78 is 0. The molecule has 0 fully saturated rings. The van der Waals surface area contributed by atoms with E-state index in [-0.39, 0.29) is 27.1 Å². The van der Waals surface area contributed by atoms with Crippen molar-refractivity contribution in [1.82, 2.24) is 0 Å². The highest BCUT2D eigenvalue weighted by Crippen LogP contribution is 2.57. The molecular formula is C91H87ClN2. The highest BCUT2D eigenvalue weighted by atomic mass is 35.5. The van der Waals surface area contributed by atoms with Crippen LogP contribution in [-0.4, -0.2) is 0 Å². The van der Waals surface area contributed by atoms with Gasteiger partial charge in [-0.3, -0.25) is 0 Å². The van der Waals surface area contributed by atoms with E-state index in [1.54, 1.807) is 0 Å². The second kappa shape index (κ2) is 24.5. The lowest BCUT2D eigenvalue weighted by molar-refractivity contribution is 0.589. The third-order valence-corrected chi connectivity index (χ3v) is 19.5. The minimum atomic E-state index is -0.241. The third-order valence-electron chi connectivity index (χ3n) is 19.3. The summed E-state index contributed by atoms with van der Waals surface area (Å²) in [6.07, 6.45) is 0. The van der Waals surface area contributed by atoms with E-state index in [1.807, 2.05) is 6.07 Å². The first-order valence-corrected chi connectivity index (χ1v) is 33.8. The van der Waals surface area contributed by atoms with Gasteiger partial charge in [0, 0.05) is 55.4 Å². The molecule has 1 aliphatic rings. The van der Waals surface area contributed by atoms with E-state index < -0.39 is 0 Å². The Morgan fingerprint density at radius 3 is 1.14 bits per heavy atom. The molecule has 0 heterocycles. The van der Waals surface area contributed by atoms with Crippen LogP contribution in [0.15, 0.2) is 273 Å². The Bertz CT molecular complexity index is 4710. The molecule has 0 aliphatic heterocycles. The Morgan fingerprint density at radius 1 is 0.255 bits per heavy atom. The smallest absolute Gasteiger partial charge is 0.0618 e. The Morgan fingerprint density at radius 2 is 0.649 bits per heavy atom. The summed E-state index contributed by atoms with van der Waals surface area (Å²) >= 11 is 7.36. The van der Waals surface area contributed by atoms with Crippen molar-refractivity contribution in [2.75, 3.05) is 9.80 Å². The van der Waals surface area contributed by atoms with Crippen LogP contribution >= 0.6 is 11.6 Å². The highest BCUT2D eigenvalue weighted by molar-refractivity contribution is 6.31. The van der Waals surface area contributed by atoms with Gasteiger partial charge in [0.15, 0.2) is 0 Å². The maximum Gasteiger partial charge on any atom is 0.0618 e. The van der Waals surface area contributed by atoms with Gasteiger partial charge in [0.25, 0.3) is 0 Å². The summed E-state index contributed by atoms with van der Waals surface area (Å²) in [6.45, 7) is 32.6. The standard InChI is InChI=1S/C91H87ClN2/c1-87(2,3)67-38-26-36-64(50-67)60-46-48-72(49-47-60)93(86-80(63-34-22-17-23-35-63)56-70(90(10,11)12)57-81(86)65-37-27-39-68(51-65)88(4,5)6)74-52-66(76-43-29-45-83-84(76)77-42-24-25-44-82(77)91(83,13)14)53-75(59-74)94(73-41-28-40-71(92)58-73)85-78(61-30-18-15-19-31-61)54-69(89(7,8)9)55-79(85)62-32-20-16-21-33-62/h15-59H,1-14H3. The molecule has 0 atom stereocenters. The molecule has 94 heavy (non-hydrogen) atoms. The van der Waals surface area contributed by atoms with Crippen molar-refractivity contribution in [3.05, 3.63) is 311 Å². The topological polar surface area (TPSA) is 6.48 Å². The first-order chi connectivity index (χ1) is 44.8. The molecule has 468 valence electrons. The van der Waals surface area contributed by atoms with Crippen LogP contribution in [0.25, 0.3) is 77.9 Å². The van der Waals surface area contributed by atoms with Crippen LogP contribution in [0, 0.1) is 0 Å². The SMILES string of the molecule is CC(C)(C)c1cccc(-c2ccc(N(c3cc(-c4cccc5c4-c4ccccc4C5(C)C)cc(N(c4cccc(Cl)c4)c4c(-c5ccccc5)cc(C(C)(C)C)cc4-c4ccccc4)c3)c3c(-c4ccccc4)cc(C(C)(C)C)cc3-c3cccc(C(C)(C)C)c3)cc2)c1. The molecule has 0 amide bonds. The summed E-state index contributed by atoms with van der Waals surface area (Å²) in [5.41, 5.74) is 29.2. The maximum atomic E-state index is 7.36. The van der Waals surface area contributed by atoms with Crippen LogP contribution in [0.3, 0.4) is 0 Å².